The summed E-state index contributed by atoms with van der Waals surface area (Å²) in [6, 6.07) is 5.07. The van der Waals surface area contributed by atoms with Gasteiger partial charge in [0.2, 0.25) is 0 Å². The zero-order valence-corrected chi connectivity index (χ0v) is 11.3. The van der Waals surface area contributed by atoms with Crippen LogP contribution in [-0.2, 0) is 13.6 Å². The Kier molecular flexibility index (Phi) is 5.40. The van der Waals surface area contributed by atoms with Crippen molar-refractivity contribution in [3.8, 4) is 5.75 Å². The fourth-order valence-electron chi connectivity index (χ4n) is 1.41. The number of ether oxygens (including phenoxy) is 1. The van der Waals surface area contributed by atoms with E-state index in [1.165, 1.54) is 18.2 Å². The molecule has 0 bridgehead atoms. The van der Waals surface area contributed by atoms with Gasteiger partial charge in [0.05, 0.1) is 13.2 Å². The summed E-state index contributed by atoms with van der Waals surface area (Å²) >= 11 is 0. The van der Waals surface area contributed by atoms with Gasteiger partial charge in [0.15, 0.2) is 0 Å². The van der Waals surface area contributed by atoms with Crippen LogP contribution in [0, 0.1) is 0 Å². The highest BCUT2D eigenvalue weighted by atomic mass is 31.2. The molecule has 0 saturated heterocycles. The fourth-order valence-corrected chi connectivity index (χ4v) is 3.10. The van der Waals surface area contributed by atoms with Gasteiger partial charge in [-0.15, -0.1) is 13.2 Å². The van der Waals surface area contributed by atoms with Crippen molar-refractivity contribution in [3.05, 3.63) is 24.3 Å². The van der Waals surface area contributed by atoms with Crippen molar-refractivity contribution in [2.24, 2.45) is 0 Å². The molecule has 4 nitrogen and oxygen atoms in total. The van der Waals surface area contributed by atoms with E-state index in [2.05, 4.69) is 4.74 Å². The molecule has 0 radical (unpaired) electrons. The predicted octanol–water partition coefficient (Wildman–Crippen LogP) is 3.48. The lowest BCUT2D eigenvalue weighted by molar-refractivity contribution is -0.274. The van der Waals surface area contributed by atoms with Gasteiger partial charge in [-0.3, -0.25) is 4.57 Å². The van der Waals surface area contributed by atoms with Crippen LogP contribution in [0.25, 0.3) is 0 Å². The van der Waals surface area contributed by atoms with Crippen LogP contribution >= 0.6 is 7.60 Å². The van der Waals surface area contributed by atoms with Gasteiger partial charge < -0.3 is 13.8 Å². The standard InChI is InChI=1S/C11H14F3O4P/c1-3-16-19(15,17-4-2)10-8-6-5-7-9(10)18-11(12,13)14/h5-8H,3-4H2,1-2H3. The molecule has 0 spiro atoms. The highest BCUT2D eigenvalue weighted by Gasteiger charge is 2.36. The molecule has 0 fully saturated rings. The highest BCUT2D eigenvalue weighted by Crippen LogP contribution is 2.49. The summed E-state index contributed by atoms with van der Waals surface area (Å²) in [5, 5.41) is -0.240. The molecule has 0 saturated carbocycles. The average molecular weight is 298 g/mol. The van der Waals surface area contributed by atoms with E-state index in [1.807, 2.05) is 0 Å². The molecule has 108 valence electrons. The van der Waals surface area contributed by atoms with E-state index in [0.717, 1.165) is 6.07 Å². The normalized spacial score (nSPS) is 12.5. The number of alkyl halides is 3. The van der Waals surface area contributed by atoms with E-state index in [-0.39, 0.29) is 18.5 Å². The molecule has 0 aliphatic heterocycles. The van der Waals surface area contributed by atoms with Crippen molar-refractivity contribution in [1.29, 1.82) is 0 Å². The highest BCUT2D eigenvalue weighted by molar-refractivity contribution is 7.62. The molecule has 0 unspecified atom stereocenters. The molecule has 8 heteroatoms. The van der Waals surface area contributed by atoms with E-state index in [4.69, 9.17) is 9.05 Å². The maximum atomic E-state index is 12.4. The smallest absolute Gasteiger partial charge is 0.405 e. The summed E-state index contributed by atoms with van der Waals surface area (Å²) in [4.78, 5) is 0. The first kappa shape index (κ1) is 16.0. The van der Waals surface area contributed by atoms with Crippen LogP contribution < -0.4 is 10.0 Å². The summed E-state index contributed by atoms with van der Waals surface area (Å²) in [6.45, 7) is 3.22. The predicted molar refractivity (Wildman–Crippen MR) is 63.6 cm³/mol. The number of hydrogen-bond donors (Lipinski definition) is 0. The zero-order valence-electron chi connectivity index (χ0n) is 10.4. The van der Waals surface area contributed by atoms with Crippen molar-refractivity contribution in [1.82, 2.24) is 0 Å². The summed E-state index contributed by atoms with van der Waals surface area (Å²) in [5.41, 5.74) is 0. The molecule has 0 heterocycles. The van der Waals surface area contributed by atoms with Gasteiger partial charge in [-0.05, 0) is 26.0 Å². The van der Waals surface area contributed by atoms with Crippen LogP contribution in [-0.4, -0.2) is 19.6 Å². The van der Waals surface area contributed by atoms with Crippen LogP contribution in [0.2, 0.25) is 0 Å². The quantitative estimate of drug-likeness (QED) is 0.754. The summed E-state index contributed by atoms with van der Waals surface area (Å²) < 4.78 is 63.1. The lowest BCUT2D eigenvalue weighted by Crippen LogP contribution is -2.22. The molecule has 19 heavy (non-hydrogen) atoms. The van der Waals surface area contributed by atoms with Gasteiger partial charge >= 0.3 is 14.0 Å². The van der Waals surface area contributed by atoms with Crippen LogP contribution in [0.5, 0.6) is 5.75 Å². The van der Waals surface area contributed by atoms with E-state index >= 15 is 0 Å². The van der Waals surface area contributed by atoms with Crippen LogP contribution in [0.3, 0.4) is 0 Å². The molecular formula is C11H14F3O4P. The van der Waals surface area contributed by atoms with Crippen LogP contribution in [0.4, 0.5) is 13.2 Å². The first-order chi connectivity index (χ1) is 8.82. The number of rotatable bonds is 6. The third-order valence-electron chi connectivity index (χ3n) is 1.98. The lowest BCUT2D eigenvalue weighted by atomic mass is 10.3. The second-order valence-electron chi connectivity index (χ2n) is 3.35. The summed E-state index contributed by atoms with van der Waals surface area (Å²) in [7, 11) is -3.82. The molecule has 1 rings (SSSR count). The first-order valence-electron chi connectivity index (χ1n) is 5.57. The van der Waals surface area contributed by atoms with Crippen LogP contribution in [0.15, 0.2) is 24.3 Å². The molecule has 0 aliphatic carbocycles. The number of hydrogen-bond acceptors (Lipinski definition) is 4. The summed E-state index contributed by atoms with van der Waals surface area (Å²) in [5.74, 6) is -0.583. The van der Waals surface area contributed by atoms with Crippen molar-refractivity contribution in [3.63, 3.8) is 0 Å². The van der Waals surface area contributed by atoms with Gasteiger partial charge in [0, 0.05) is 0 Å². The largest absolute Gasteiger partial charge is 0.573 e. The maximum absolute atomic E-state index is 12.4. The Morgan fingerprint density at radius 2 is 1.63 bits per heavy atom. The second-order valence-corrected chi connectivity index (χ2v) is 5.34. The lowest BCUT2D eigenvalue weighted by Gasteiger charge is -2.20. The Morgan fingerprint density at radius 1 is 1.11 bits per heavy atom. The van der Waals surface area contributed by atoms with Crippen molar-refractivity contribution in [2.45, 2.75) is 20.2 Å². The molecule has 0 atom stereocenters. The SMILES string of the molecule is CCOP(=O)(OCC)c1ccccc1OC(F)(F)F. The first-order valence-corrected chi connectivity index (χ1v) is 7.11. The Hall–Kier alpha value is -1.04. The average Bonchev–Trinajstić information content (AvgIpc) is 2.28. The molecule has 1 aromatic rings. The molecular weight excluding hydrogens is 284 g/mol. The Labute approximate surface area is 109 Å². The third-order valence-corrected chi connectivity index (χ3v) is 4.14. The van der Waals surface area contributed by atoms with Gasteiger partial charge in [0.25, 0.3) is 0 Å². The maximum Gasteiger partial charge on any atom is 0.573 e. The van der Waals surface area contributed by atoms with Gasteiger partial charge in [-0.2, -0.15) is 0 Å². The Bertz CT molecular complexity index is 451. The fraction of sp³-hybridized carbons (Fsp3) is 0.455. The minimum absolute atomic E-state index is 0.0393. The van der Waals surface area contributed by atoms with Crippen molar-refractivity contribution >= 4 is 12.9 Å². The number of halogens is 3. The topological polar surface area (TPSA) is 44.8 Å². The summed E-state index contributed by atoms with van der Waals surface area (Å²) in [6.07, 6.45) is -4.88. The number of para-hydroxylation sites is 1. The number of benzene rings is 1. The van der Waals surface area contributed by atoms with Gasteiger partial charge in [0.1, 0.15) is 11.1 Å². The molecule has 0 amide bonds. The van der Waals surface area contributed by atoms with E-state index in [0.29, 0.717) is 0 Å². The Balaban J connectivity index is 3.20. The van der Waals surface area contributed by atoms with Crippen LogP contribution in [0.1, 0.15) is 13.8 Å². The van der Waals surface area contributed by atoms with Crippen molar-refractivity contribution < 1.29 is 31.5 Å². The third kappa shape index (κ3) is 4.53. The molecule has 0 aliphatic rings. The Morgan fingerprint density at radius 3 is 2.11 bits per heavy atom. The monoisotopic (exact) mass is 298 g/mol. The van der Waals surface area contributed by atoms with Gasteiger partial charge in [-0.25, -0.2) is 0 Å². The minimum Gasteiger partial charge on any atom is -0.405 e. The van der Waals surface area contributed by atoms with E-state index in [9.17, 15) is 17.7 Å². The van der Waals surface area contributed by atoms with E-state index < -0.39 is 19.7 Å². The molecule has 1 aromatic carbocycles. The van der Waals surface area contributed by atoms with E-state index in [1.54, 1.807) is 13.8 Å². The van der Waals surface area contributed by atoms with Crippen molar-refractivity contribution in [2.75, 3.05) is 13.2 Å². The molecule has 0 aromatic heterocycles. The zero-order chi connectivity index (χ0) is 14.5. The minimum atomic E-state index is -4.88. The second kappa shape index (κ2) is 6.41. The molecule has 0 N–H and O–H groups in total. The van der Waals surface area contributed by atoms with Gasteiger partial charge in [-0.1, -0.05) is 12.1 Å².